The van der Waals surface area contributed by atoms with Gasteiger partial charge in [0, 0.05) is 18.9 Å². The molecule has 0 spiro atoms. The molecule has 3 aliphatic rings. The Balaban J connectivity index is 1.22. The quantitative estimate of drug-likeness (QED) is 0.424. The van der Waals surface area contributed by atoms with Gasteiger partial charge in [-0.3, -0.25) is 0 Å². The van der Waals surface area contributed by atoms with Crippen molar-refractivity contribution in [3.63, 3.8) is 0 Å². The summed E-state index contributed by atoms with van der Waals surface area (Å²) in [4.78, 5) is 0. The zero-order chi connectivity index (χ0) is 14.2. The summed E-state index contributed by atoms with van der Waals surface area (Å²) >= 11 is 0. The van der Waals surface area contributed by atoms with Crippen molar-refractivity contribution in [3.05, 3.63) is 18.0 Å². The zero-order valence-electron chi connectivity index (χ0n) is 11.8. The lowest BCUT2D eigenvalue weighted by Crippen LogP contribution is -2.34. The smallest absolute Gasteiger partial charge is 0.174 e. The number of hydrogen-bond acceptors (Lipinski definition) is 6. The highest BCUT2D eigenvalue weighted by molar-refractivity contribution is 5.15. The average Bonchev–Trinajstić information content (AvgIpc) is 2.88. The third-order valence-electron chi connectivity index (χ3n) is 4.86. The molecule has 4 rings (SSSR count). The summed E-state index contributed by atoms with van der Waals surface area (Å²) in [7, 11) is 0. The third-order valence-corrected chi connectivity index (χ3v) is 4.86. The standard InChI is InChI=1S/C14H20N4O3/c19-7-9-8(11-13-14(21-13)12(9)20-11)5-3-1-2-4-6-10-15-17-18-16-10/h1,3,8-9,11-14,19H,2,4-7H2,(H,15,16,17,18)/t8-,9+,11+,12-,13-,14+/m1/s1. The van der Waals surface area contributed by atoms with Crippen LogP contribution in [0.25, 0.3) is 0 Å². The molecule has 0 unspecified atom stereocenters. The SMILES string of the molecule is OC[C@H]1[C@@H](CC=CCCCc2nn[nH]n2)[C@@H]2O[C@H]1[C@@H]1O[C@@H]12. The number of aromatic nitrogens is 4. The molecule has 0 saturated carbocycles. The van der Waals surface area contributed by atoms with E-state index in [0.29, 0.717) is 12.0 Å². The number of aromatic amines is 1. The number of hydrogen-bond donors (Lipinski definition) is 2. The van der Waals surface area contributed by atoms with Gasteiger partial charge >= 0.3 is 0 Å². The van der Waals surface area contributed by atoms with E-state index in [2.05, 4.69) is 32.8 Å². The monoisotopic (exact) mass is 292 g/mol. The van der Waals surface area contributed by atoms with Crippen molar-refractivity contribution in [2.24, 2.45) is 11.8 Å². The predicted molar refractivity (Wildman–Crippen MR) is 72.3 cm³/mol. The van der Waals surface area contributed by atoms with Gasteiger partial charge in [-0.05, 0) is 25.2 Å². The lowest BCUT2D eigenvalue weighted by molar-refractivity contribution is 0.00295. The molecule has 0 radical (unpaired) electrons. The highest BCUT2D eigenvalue weighted by atomic mass is 16.7. The van der Waals surface area contributed by atoms with Crippen LogP contribution in [-0.4, -0.2) is 56.8 Å². The van der Waals surface area contributed by atoms with E-state index in [1.54, 1.807) is 0 Å². The molecule has 3 aliphatic heterocycles. The van der Waals surface area contributed by atoms with Gasteiger partial charge in [0.2, 0.25) is 0 Å². The zero-order valence-corrected chi connectivity index (χ0v) is 11.8. The van der Waals surface area contributed by atoms with Crippen LogP contribution in [-0.2, 0) is 15.9 Å². The van der Waals surface area contributed by atoms with Crippen LogP contribution in [0.5, 0.6) is 0 Å². The number of ether oxygens (including phenoxy) is 2. The van der Waals surface area contributed by atoms with E-state index in [4.69, 9.17) is 9.47 Å². The Bertz CT molecular complexity index is 506. The topological polar surface area (TPSA) is 96.5 Å². The number of H-pyrrole nitrogens is 1. The first-order chi connectivity index (χ1) is 10.4. The first kappa shape index (κ1) is 13.4. The second kappa shape index (κ2) is 5.47. The molecule has 3 saturated heterocycles. The van der Waals surface area contributed by atoms with Crippen molar-refractivity contribution in [2.45, 2.75) is 50.1 Å². The maximum atomic E-state index is 9.56. The lowest BCUT2D eigenvalue weighted by atomic mass is 9.78. The van der Waals surface area contributed by atoms with Crippen molar-refractivity contribution >= 4 is 0 Å². The maximum absolute atomic E-state index is 9.56. The fourth-order valence-electron chi connectivity index (χ4n) is 3.76. The Morgan fingerprint density at radius 3 is 2.67 bits per heavy atom. The van der Waals surface area contributed by atoms with Gasteiger partial charge < -0.3 is 14.6 Å². The van der Waals surface area contributed by atoms with Crippen molar-refractivity contribution in [3.8, 4) is 0 Å². The van der Waals surface area contributed by atoms with Crippen molar-refractivity contribution < 1.29 is 14.6 Å². The fraction of sp³-hybridized carbons (Fsp3) is 0.786. The molecule has 6 atom stereocenters. The molecule has 7 nitrogen and oxygen atoms in total. The van der Waals surface area contributed by atoms with Gasteiger partial charge in [0.1, 0.15) is 12.2 Å². The summed E-state index contributed by atoms with van der Waals surface area (Å²) in [5.74, 6) is 1.40. The van der Waals surface area contributed by atoms with Gasteiger partial charge in [0.15, 0.2) is 5.82 Å². The molecule has 0 aromatic carbocycles. The van der Waals surface area contributed by atoms with E-state index < -0.39 is 0 Å². The molecular weight excluding hydrogens is 272 g/mol. The maximum Gasteiger partial charge on any atom is 0.174 e. The highest BCUT2D eigenvalue weighted by Crippen LogP contribution is 2.54. The van der Waals surface area contributed by atoms with E-state index in [1.165, 1.54) is 0 Å². The largest absolute Gasteiger partial charge is 0.396 e. The Hall–Kier alpha value is -1.31. The van der Waals surface area contributed by atoms with E-state index in [0.717, 1.165) is 31.5 Å². The summed E-state index contributed by atoms with van der Waals surface area (Å²) in [6, 6.07) is 0. The van der Waals surface area contributed by atoms with Gasteiger partial charge in [-0.15, -0.1) is 10.2 Å². The number of tetrazole rings is 1. The molecule has 0 amide bonds. The molecule has 4 heterocycles. The molecule has 7 heteroatoms. The molecule has 2 N–H and O–H groups in total. The van der Waals surface area contributed by atoms with Gasteiger partial charge in [-0.2, -0.15) is 5.21 Å². The third kappa shape index (κ3) is 2.39. The van der Waals surface area contributed by atoms with Crippen LogP contribution in [0, 0.1) is 11.8 Å². The Labute approximate surface area is 122 Å². The van der Waals surface area contributed by atoms with Gasteiger partial charge in [-0.25, -0.2) is 0 Å². The number of unbranched alkanes of at least 4 members (excludes halogenated alkanes) is 1. The normalized spacial score (nSPS) is 40.0. The number of nitrogens with one attached hydrogen (secondary N) is 1. The van der Waals surface area contributed by atoms with Crippen LogP contribution in [0.1, 0.15) is 25.1 Å². The number of aliphatic hydroxyl groups excluding tert-OH is 1. The number of aryl methyl sites for hydroxylation is 1. The van der Waals surface area contributed by atoms with Crippen LogP contribution >= 0.6 is 0 Å². The Kier molecular flexibility index (Phi) is 3.48. The summed E-state index contributed by atoms with van der Waals surface area (Å²) in [5.41, 5.74) is 0. The summed E-state index contributed by atoms with van der Waals surface area (Å²) in [6.45, 7) is 0.198. The van der Waals surface area contributed by atoms with Crippen molar-refractivity contribution in [1.29, 1.82) is 0 Å². The van der Waals surface area contributed by atoms with E-state index in [-0.39, 0.29) is 30.8 Å². The number of rotatable bonds is 7. The molecular formula is C14H20N4O3. The van der Waals surface area contributed by atoms with E-state index in [9.17, 15) is 5.11 Å². The van der Waals surface area contributed by atoms with Crippen molar-refractivity contribution in [1.82, 2.24) is 20.6 Å². The minimum absolute atomic E-state index is 0.127. The highest BCUT2D eigenvalue weighted by Gasteiger charge is 2.68. The average molecular weight is 292 g/mol. The number of allylic oxidation sites excluding steroid dienone is 2. The summed E-state index contributed by atoms with van der Waals surface area (Å²) in [6.07, 6.45) is 9.12. The van der Waals surface area contributed by atoms with Gasteiger partial charge in [0.25, 0.3) is 0 Å². The number of nitrogens with zero attached hydrogens (tertiary/aromatic N) is 3. The van der Waals surface area contributed by atoms with Gasteiger partial charge in [0.05, 0.1) is 12.2 Å². The molecule has 21 heavy (non-hydrogen) atoms. The Morgan fingerprint density at radius 2 is 1.90 bits per heavy atom. The van der Waals surface area contributed by atoms with Crippen molar-refractivity contribution in [2.75, 3.05) is 6.61 Å². The second-order valence-electron chi connectivity index (χ2n) is 6.07. The molecule has 1 aromatic heterocycles. The van der Waals surface area contributed by atoms with Crippen LogP contribution in [0.4, 0.5) is 0 Å². The minimum Gasteiger partial charge on any atom is -0.396 e. The second-order valence-corrected chi connectivity index (χ2v) is 6.07. The molecule has 2 bridgehead atoms. The molecule has 0 aliphatic carbocycles. The molecule has 3 fully saturated rings. The van der Waals surface area contributed by atoms with Gasteiger partial charge in [-0.1, -0.05) is 17.4 Å². The summed E-state index contributed by atoms with van der Waals surface area (Å²) < 4.78 is 11.5. The lowest BCUT2D eigenvalue weighted by Gasteiger charge is -2.22. The minimum atomic E-state index is 0.127. The number of fused-ring (bicyclic) bond motifs is 5. The first-order valence-electron chi connectivity index (χ1n) is 7.67. The van der Waals surface area contributed by atoms with Crippen LogP contribution < -0.4 is 0 Å². The molecule has 1 aromatic rings. The first-order valence-corrected chi connectivity index (χ1v) is 7.67. The fourth-order valence-corrected chi connectivity index (χ4v) is 3.76. The number of aliphatic hydroxyl groups is 1. The van der Waals surface area contributed by atoms with Crippen LogP contribution in [0.15, 0.2) is 12.2 Å². The predicted octanol–water partition coefficient (Wildman–Crippen LogP) is 0.242. The van der Waals surface area contributed by atoms with Crippen LogP contribution in [0.2, 0.25) is 0 Å². The van der Waals surface area contributed by atoms with Crippen LogP contribution in [0.3, 0.4) is 0 Å². The number of epoxide rings is 1. The Morgan fingerprint density at radius 1 is 1.10 bits per heavy atom. The summed E-state index contributed by atoms with van der Waals surface area (Å²) in [5, 5.41) is 23.4. The molecule has 114 valence electrons. The van der Waals surface area contributed by atoms with E-state index >= 15 is 0 Å². The van der Waals surface area contributed by atoms with E-state index in [1.807, 2.05) is 0 Å².